The van der Waals surface area contributed by atoms with E-state index in [1.54, 1.807) is 11.3 Å². The smallest absolute Gasteiger partial charge is 0.135 e. The molecular formula is C15H17NOS. The summed E-state index contributed by atoms with van der Waals surface area (Å²) in [6.45, 7) is 2.12. The predicted molar refractivity (Wildman–Crippen MR) is 75.3 cm³/mol. The number of benzene rings is 1. The summed E-state index contributed by atoms with van der Waals surface area (Å²) in [5, 5.41) is 5.51. The molecule has 0 saturated heterocycles. The van der Waals surface area contributed by atoms with Crippen molar-refractivity contribution in [1.82, 2.24) is 5.32 Å². The van der Waals surface area contributed by atoms with E-state index in [0.717, 1.165) is 12.2 Å². The van der Waals surface area contributed by atoms with Gasteiger partial charge in [0.1, 0.15) is 11.9 Å². The monoisotopic (exact) mass is 259 g/mol. The first-order valence-electron chi connectivity index (χ1n) is 6.26. The van der Waals surface area contributed by atoms with Gasteiger partial charge in [-0.15, -0.1) is 11.3 Å². The van der Waals surface area contributed by atoms with E-state index in [2.05, 4.69) is 48.0 Å². The lowest BCUT2D eigenvalue weighted by molar-refractivity contribution is 0.157. The zero-order valence-electron chi connectivity index (χ0n) is 10.6. The number of nitrogens with one attached hydrogen (secondary N) is 1. The Bertz CT molecular complexity index is 535. The van der Waals surface area contributed by atoms with E-state index in [1.165, 1.54) is 16.0 Å². The number of aryl methyl sites for hydroxylation is 1. The molecule has 0 aliphatic carbocycles. The maximum absolute atomic E-state index is 6.13. The van der Waals surface area contributed by atoms with Crippen LogP contribution in [0.2, 0.25) is 0 Å². The lowest BCUT2D eigenvalue weighted by Gasteiger charge is -2.32. The highest BCUT2D eigenvalue weighted by Gasteiger charge is 2.28. The Hall–Kier alpha value is -1.32. The summed E-state index contributed by atoms with van der Waals surface area (Å²) in [5.41, 5.74) is 2.57. The zero-order chi connectivity index (χ0) is 12.5. The number of thiophene rings is 1. The van der Waals surface area contributed by atoms with Gasteiger partial charge in [-0.05, 0) is 31.5 Å². The SMILES string of the molecule is CNC1CC(c2cccs2)Oc2ccc(C)cc21. The summed E-state index contributed by atoms with van der Waals surface area (Å²) in [7, 11) is 2.02. The molecule has 0 amide bonds. The second kappa shape index (κ2) is 4.75. The number of fused-ring (bicyclic) bond motifs is 1. The van der Waals surface area contributed by atoms with Crippen LogP contribution in [0.3, 0.4) is 0 Å². The highest BCUT2D eigenvalue weighted by Crippen LogP contribution is 2.41. The molecular weight excluding hydrogens is 242 g/mol. The fourth-order valence-corrected chi connectivity index (χ4v) is 3.28. The van der Waals surface area contributed by atoms with Gasteiger partial charge in [0.15, 0.2) is 0 Å². The molecule has 0 fully saturated rings. The molecule has 18 heavy (non-hydrogen) atoms. The predicted octanol–water partition coefficient (Wildman–Crippen LogP) is 3.84. The third kappa shape index (κ3) is 2.04. The van der Waals surface area contributed by atoms with Crippen LogP contribution in [0, 0.1) is 6.92 Å². The number of rotatable bonds is 2. The van der Waals surface area contributed by atoms with Crippen molar-refractivity contribution >= 4 is 11.3 Å². The van der Waals surface area contributed by atoms with Crippen LogP contribution in [0.5, 0.6) is 5.75 Å². The number of ether oxygens (including phenoxy) is 1. The molecule has 2 heterocycles. The summed E-state index contributed by atoms with van der Waals surface area (Å²) >= 11 is 1.77. The van der Waals surface area contributed by atoms with Gasteiger partial charge in [0.05, 0.1) is 0 Å². The number of hydrogen-bond acceptors (Lipinski definition) is 3. The molecule has 0 bridgehead atoms. The Morgan fingerprint density at radius 1 is 1.33 bits per heavy atom. The van der Waals surface area contributed by atoms with Crippen LogP contribution >= 0.6 is 11.3 Å². The van der Waals surface area contributed by atoms with Gasteiger partial charge in [-0.25, -0.2) is 0 Å². The van der Waals surface area contributed by atoms with Crippen molar-refractivity contribution < 1.29 is 4.74 Å². The molecule has 2 nitrogen and oxygen atoms in total. The van der Waals surface area contributed by atoms with Gasteiger partial charge < -0.3 is 10.1 Å². The van der Waals surface area contributed by atoms with Crippen molar-refractivity contribution in [2.24, 2.45) is 0 Å². The van der Waals surface area contributed by atoms with E-state index >= 15 is 0 Å². The van der Waals surface area contributed by atoms with Gasteiger partial charge in [-0.1, -0.05) is 23.8 Å². The maximum atomic E-state index is 6.13. The molecule has 2 aromatic rings. The molecule has 1 aromatic carbocycles. The first kappa shape index (κ1) is 11.8. The van der Waals surface area contributed by atoms with Crippen LogP contribution in [0.4, 0.5) is 0 Å². The van der Waals surface area contributed by atoms with E-state index in [1.807, 2.05) is 7.05 Å². The molecule has 0 radical (unpaired) electrons. The largest absolute Gasteiger partial charge is 0.484 e. The lowest BCUT2D eigenvalue weighted by atomic mass is 9.94. The average Bonchev–Trinajstić information content (AvgIpc) is 2.91. The Kier molecular flexibility index (Phi) is 3.10. The minimum Gasteiger partial charge on any atom is -0.484 e. The highest BCUT2D eigenvalue weighted by atomic mass is 32.1. The minimum atomic E-state index is 0.178. The highest BCUT2D eigenvalue weighted by molar-refractivity contribution is 7.10. The lowest BCUT2D eigenvalue weighted by Crippen LogP contribution is -2.26. The fraction of sp³-hybridized carbons (Fsp3) is 0.333. The summed E-state index contributed by atoms with van der Waals surface area (Å²) in [5.74, 6) is 1.02. The van der Waals surface area contributed by atoms with Gasteiger partial charge in [0.2, 0.25) is 0 Å². The Morgan fingerprint density at radius 3 is 2.94 bits per heavy atom. The molecule has 3 heteroatoms. The Balaban J connectivity index is 1.97. The first-order chi connectivity index (χ1) is 8.78. The van der Waals surface area contributed by atoms with Crippen LogP contribution in [-0.4, -0.2) is 7.05 Å². The summed E-state index contributed by atoms with van der Waals surface area (Å²) in [6, 6.07) is 11.0. The van der Waals surface area contributed by atoms with Crippen LogP contribution in [0.25, 0.3) is 0 Å². The van der Waals surface area contributed by atoms with E-state index < -0.39 is 0 Å². The van der Waals surface area contributed by atoms with E-state index in [0.29, 0.717) is 6.04 Å². The van der Waals surface area contributed by atoms with Crippen molar-refractivity contribution in [3.63, 3.8) is 0 Å². The molecule has 1 aliphatic heterocycles. The standard InChI is InChI=1S/C15H17NOS/c1-10-5-6-13-11(8-10)12(16-2)9-14(17-13)15-4-3-7-18-15/h3-8,12,14,16H,9H2,1-2H3. The Morgan fingerprint density at radius 2 is 2.22 bits per heavy atom. The fourth-order valence-electron chi connectivity index (χ4n) is 2.51. The van der Waals surface area contributed by atoms with Gasteiger partial charge in [0, 0.05) is 22.9 Å². The van der Waals surface area contributed by atoms with Gasteiger partial charge in [0.25, 0.3) is 0 Å². The molecule has 1 aromatic heterocycles. The molecule has 3 rings (SSSR count). The maximum Gasteiger partial charge on any atom is 0.135 e. The molecule has 1 N–H and O–H groups in total. The second-order valence-corrected chi connectivity index (χ2v) is 5.72. The van der Waals surface area contributed by atoms with Crippen molar-refractivity contribution in [2.75, 3.05) is 7.05 Å². The quantitative estimate of drug-likeness (QED) is 0.884. The normalized spacial score (nSPS) is 22.3. The van der Waals surface area contributed by atoms with Crippen LogP contribution < -0.4 is 10.1 Å². The van der Waals surface area contributed by atoms with E-state index in [-0.39, 0.29) is 6.10 Å². The molecule has 0 spiro atoms. The summed E-state index contributed by atoms with van der Waals surface area (Å²) in [6.07, 6.45) is 1.17. The van der Waals surface area contributed by atoms with Crippen LogP contribution in [0.15, 0.2) is 35.7 Å². The van der Waals surface area contributed by atoms with Crippen molar-refractivity contribution in [3.05, 3.63) is 51.7 Å². The molecule has 94 valence electrons. The van der Waals surface area contributed by atoms with E-state index in [4.69, 9.17) is 4.74 Å². The van der Waals surface area contributed by atoms with Crippen LogP contribution in [0.1, 0.15) is 34.6 Å². The summed E-state index contributed by atoms with van der Waals surface area (Å²) in [4.78, 5) is 1.31. The third-order valence-electron chi connectivity index (χ3n) is 3.47. The molecule has 0 saturated carbocycles. The summed E-state index contributed by atoms with van der Waals surface area (Å²) < 4.78 is 6.13. The zero-order valence-corrected chi connectivity index (χ0v) is 11.5. The van der Waals surface area contributed by atoms with Crippen molar-refractivity contribution in [1.29, 1.82) is 0 Å². The topological polar surface area (TPSA) is 21.3 Å². The second-order valence-electron chi connectivity index (χ2n) is 4.74. The van der Waals surface area contributed by atoms with Crippen molar-refractivity contribution in [2.45, 2.75) is 25.5 Å². The number of hydrogen-bond donors (Lipinski definition) is 1. The van der Waals surface area contributed by atoms with Crippen molar-refractivity contribution in [3.8, 4) is 5.75 Å². The molecule has 2 atom stereocenters. The van der Waals surface area contributed by atoms with Gasteiger partial charge in [-0.2, -0.15) is 0 Å². The molecule has 1 aliphatic rings. The van der Waals surface area contributed by atoms with E-state index in [9.17, 15) is 0 Å². The average molecular weight is 259 g/mol. The third-order valence-corrected chi connectivity index (χ3v) is 4.43. The Labute approximate surface area is 112 Å². The van der Waals surface area contributed by atoms with Gasteiger partial charge in [-0.3, -0.25) is 0 Å². The first-order valence-corrected chi connectivity index (χ1v) is 7.14. The molecule has 2 unspecified atom stereocenters. The minimum absolute atomic E-state index is 0.178. The van der Waals surface area contributed by atoms with Crippen LogP contribution in [-0.2, 0) is 0 Å². The van der Waals surface area contributed by atoms with Gasteiger partial charge >= 0.3 is 0 Å².